The van der Waals surface area contributed by atoms with Crippen molar-refractivity contribution in [2.45, 2.75) is 10.8 Å². The van der Waals surface area contributed by atoms with Gasteiger partial charge in [-0.1, -0.05) is 243 Å². The summed E-state index contributed by atoms with van der Waals surface area (Å²) >= 11 is 0. The average molecular weight is 1170 g/mol. The Balaban J connectivity index is 0.850. The number of hydrogen-bond donors (Lipinski definition) is 0. The van der Waals surface area contributed by atoms with Gasteiger partial charge in [0.15, 0.2) is 5.82 Å². The van der Waals surface area contributed by atoms with Crippen molar-refractivity contribution in [1.82, 2.24) is 29.9 Å². The van der Waals surface area contributed by atoms with Gasteiger partial charge >= 0.3 is 0 Å². The van der Waals surface area contributed by atoms with Gasteiger partial charge in [-0.05, 0) is 154 Å². The molecule has 13 aromatic carbocycles. The third kappa shape index (κ3) is 7.03. The Morgan fingerprint density at radius 1 is 0.217 bits per heavy atom. The van der Waals surface area contributed by atoms with Crippen LogP contribution in [0.1, 0.15) is 44.5 Å². The second-order valence-corrected chi connectivity index (χ2v) is 24.8. The molecule has 4 aliphatic rings. The number of para-hydroxylation sites is 4. The molecular formula is C86H50N6. The highest BCUT2D eigenvalue weighted by molar-refractivity contribution is 6.07. The second-order valence-electron chi connectivity index (χ2n) is 24.8. The lowest BCUT2D eigenvalue weighted by molar-refractivity contribution is 0.794. The Labute approximate surface area is 530 Å². The van der Waals surface area contributed by atoms with Gasteiger partial charge in [0, 0.05) is 33.2 Å². The first kappa shape index (κ1) is 50.8. The first-order chi connectivity index (χ1) is 45.6. The molecule has 0 aliphatic heterocycles. The van der Waals surface area contributed by atoms with Gasteiger partial charge in [0.2, 0.25) is 0 Å². The Morgan fingerprint density at radius 2 is 0.565 bits per heavy atom. The molecule has 0 fully saturated rings. The zero-order chi connectivity index (χ0) is 60.2. The summed E-state index contributed by atoms with van der Waals surface area (Å²) in [5, 5.41) is 0.938. The highest BCUT2D eigenvalue weighted by atomic mass is 14.9. The van der Waals surface area contributed by atoms with Gasteiger partial charge in [-0.15, -0.1) is 0 Å². The van der Waals surface area contributed by atoms with E-state index in [4.69, 9.17) is 29.9 Å². The second kappa shape index (κ2) is 19.2. The van der Waals surface area contributed by atoms with Crippen molar-refractivity contribution >= 4 is 33.0 Å². The number of hydrogen-bond acceptors (Lipinski definition) is 6. The van der Waals surface area contributed by atoms with E-state index >= 15 is 0 Å². The van der Waals surface area contributed by atoms with Crippen molar-refractivity contribution in [3.05, 3.63) is 348 Å². The predicted molar refractivity (Wildman–Crippen MR) is 371 cm³/mol. The molecule has 0 atom stereocenters. The molecule has 4 aliphatic carbocycles. The molecule has 6 heteroatoms. The van der Waals surface area contributed by atoms with Gasteiger partial charge in [0.1, 0.15) is 0 Å². The Bertz CT molecular complexity index is 5720. The van der Waals surface area contributed by atoms with Crippen molar-refractivity contribution in [3.63, 3.8) is 0 Å². The lowest BCUT2D eigenvalue weighted by Gasteiger charge is -2.31. The fourth-order valence-electron chi connectivity index (χ4n) is 16.3. The molecule has 424 valence electrons. The molecule has 0 saturated carbocycles. The van der Waals surface area contributed by atoms with Gasteiger partial charge in [-0.3, -0.25) is 9.97 Å². The van der Waals surface area contributed by atoms with E-state index in [2.05, 4.69) is 243 Å². The van der Waals surface area contributed by atoms with Crippen molar-refractivity contribution in [2.24, 2.45) is 0 Å². The Hall–Kier alpha value is -12.1. The summed E-state index contributed by atoms with van der Waals surface area (Å²) in [5.41, 5.74) is 34.1. The maximum Gasteiger partial charge on any atom is 0.160 e. The van der Waals surface area contributed by atoms with Crippen LogP contribution in [-0.4, -0.2) is 29.9 Å². The summed E-state index contributed by atoms with van der Waals surface area (Å²) in [7, 11) is 0. The van der Waals surface area contributed by atoms with Crippen LogP contribution < -0.4 is 0 Å². The van der Waals surface area contributed by atoms with Crippen LogP contribution in [0.5, 0.6) is 0 Å². The summed E-state index contributed by atoms with van der Waals surface area (Å²) < 4.78 is 0. The molecule has 0 saturated heterocycles. The van der Waals surface area contributed by atoms with Gasteiger partial charge < -0.3 is 0 Å². The summed E-state index contributed by atoms with van der Waals surface area (Å²) in [6.07, 6.45) is 3.72. The largest absolute Gasteiger partial charge is 0.252 e. The lowest BCUT2D eigenvalue weighted by atomic mass is 9.70. The van der Waals surface area contributed by atoms with E-state index in [0.717, 1.165) is 94.6 Å². The predicted octanol–water partition coefficient (Wildman–Crippen LogP) is 20.2. The quantitative estimate of drug-likeness (QED) is 0.165. The normalized spacial score (nSPS) is 13.6. The smallest absolute Gasteiger partial charge is 0.160 e. The fraction of sp³-hybridized carbons (Fsp3) is 0.0233. The number of nitrogens with zero attached hydrogens (tertiary/aromatic N) is 6. The van der Waals surface area contributed by atoms with E-state index < -0.39 is 10.8 Å². The maximum absolute atomic E-state index is 5.81. The molecule has 0 amide bonds. The SMILES string of the molecule is c1ccc2c(c1)-c1ccccc1C21c2ccccc2-c2ccc(-c3cc(-c4ccc5c(c4)C4(c6ccccc6-c6ccccc64)c4ccccc4-5)c4nc(-c5ccc(-c6cnc7ccccc7n6)cc5)nc(-c5ccc(-c6cnc7ccccc7n6)cc5)c4c3)cc21. The highest BCUT2D eigenvalue weighted by Crippen LogP contribution is 2.65. The average Bonchev–Trinajstić information content (AvgIpc) is 1.52. The summed E-state index contributed by atoms with van der Waals surface area (Å²) in [6.45, 7) is 0. The van der Waals surface area contributed by atoms with Crippen molar-refractivity contribution in [2.75, 3.05) is 0 Å². The molecule has 3 aromatic heterocycles. The summed E-state index contributed by atoms with van der Waals surface area (Å²) in [6, 6.07) is 107. The van der Waals surface area contributed by atoms with E-state index in [1.54, 1.807) is 0 Å². The van der Waals surface area contributed by atoms with Crippen LogP contribution in [0.3, 0.4) is 0 Å². The summed E-state index contributed by atoms with van der Waals surface area (Å²) in [5.74, 6) is 0.613. The number of fused-ring (bicyclic) bond motifs is 23. The first-order valence-electron chi connectivity index (χ1n) is 31.5. The van der Waals surface area contributed by atoms with Crippen molar-refractivity contribution in [1.29, 1.82) is 0 Å². The van der Waals surface area contributed by atoms with Crippen LogP contribution in [0.15, 0.2) is 304 Å². The molecule has 0 unspecified atom stereocenters. The van der Waals surface area contributed by atoms with Crippen LogP contribution in [0.25, 0.3) is 145 Å². The molecular weight excluding hydrogens is 1120 g/mol. The molecule has 0 radical (unpaired) electrons. The van der Waals surface area contributed by atoms with Gasteiger partial charge in [0.25, 0.3) is 0 Å². The molecule has 3 heterocycles. The monoisotopic (exact) mass is 1170 g/mol. The third-order valence-corrected chi connectivity index (χ3v) is 20.2. The van der Waals surface area contributed by atoms with E-state index in [1.165, 1.54) is 89.0 Å². The van der Waals surface area contributed by atoms with Gasteiger partial charge in [-0.25, -0.2) is 19.9 Å². The molecule has 2 spiro atoms. The molecule has 0 N–H and O–H groups in total. The van der Waals surface area contributed by atoms with E-state index in [0.29, 0.717) is 5.82 Å². The molecule has 92 heavy (non-hydrogen) atoms. The van der Waals surface area contributed by atoms with E-state index in [-0.39, 0.29) is 0 Å². The number of benzene rings is 13. The van der Waals surface area contributed by atoms with Crippen molar-refractivity contribution < 1.29 is 0 Å². The van der Waals surface area contributed by atoms with E-state index in [1.807, 2.05) is 60.9 Å². The maximum atomic E-state index is 5.81. The minimum Gasteiger partial charge on any atom is -0.252 e. The van der Waals surface area contributed by atoms with Gasteiger partial charge in [0.05, 0.1) is 67.9 Å². The Kier molecular flexibility index (Phi) is 10.6. The van der Waals surface area contributed by atoms with Crippen LogP contribution in [0, 0.1) is 0 Å². The summed E-state index contributed by atoms with van der Waals surface area (Å²) in [4.78, 5) is 31.2. The minimum absolute atomic E-state index is 0.525. The molecule has 0 bridgehead atoms. The number of rotatable bonds is 6. The first-order valence-corrected chi connectivity index (χ1v) is 31.5. The lowest BCUT2D eigenvalue weighted by Crippen LogP contribution is -2.25. The van der Waals surface area contributed by atoms with Crippen LogP contribution in [-0.2, 0) is 10.8 Å². The standard InChI is InChI=1S/C86H50N6/c1-7-23-68-58(17-1)59-18-2-8-24-69(59)85(68)72-27-11-5-21-62(72)64-43-41-55(47-74(64)85)57-45-66(56-42-44-65-63-22-6-12-28-73(63)86(75(65)48-56)70-25-9-3-19-60(70)61-20-4-10-26-71(61)86)83-67(46-57)82(53-37-33-51(34-38-53)80-49-87-76-29-13-15-31-78(76)89-80)91-84(92-83)54-39-35-52(36-40-54)81-50-88-77-30-14-16-32-79(77)90-81/h1-50H. The zero-order valence-electron chi connectivity index (χ0n) is 49.6. The molecule has 16 aromatic rings. The van der Waals surface area contributed by atoms with Crippen LogP contribution in [0.2, 0.25) is 0 Å². The van der Waals surface area contributed by atoms with Crippen molar-refractivity contribution in [3.8, 4) is 112 Å². The molecule has 20 rings (SSSR count). The fourth-order valence-corrected chi connectivity index (χ4v) is 16.3. The minimum atomic E-state index is -0.556. The zero-order valence-corrected chi connectivity index (χ0v) is 49.6. The topological polar surface area (TPSA) is 77.3 Å². The third-order valence-electron chi connectivity index (χ3n) is 20.2. The van der Waals surface area contributed by atoms with Crippen LogP contribution >= 0.6 is 0 Å². The highest BCUT2D eigenvalue weighted by Gasteiger charge is 2.53. The molecule has 6 nitrogen and oxygen atoms in total. The Morgan fingerprint density at radius 3 is 1.01 bits per heavy atom. The van der Waals surface area contributed by atoms with Crippen LogP contribution in [0.4, 0.5) is 0 Å². The number of aromatic nitrogens is 6. The van der Waals surface area contributed by atoms with Gasteiger partial charge in [-0.2, -0.15) is 0 Å². The van der Waals surface area contributed by atoms with E-state index in [9.17, 15) is 0 Å².